The molecule has 3 heterocycles. The van der Waals surface area contributed by atoms with Gasteiger partial charge in [-0.05, 0) is 36.2 Å². The molecule has 3 aromatic rings. The monoisotopic (exact) mass is 369 g/mol. The smallest absolute Gasteiger partial charge is 0.160 e. The van der Waals surface area contributed by atoms with Crippen LogP contribution in [0.3, 0.4) is 0 Å². The van der Waals surface area contributed by atoms with Crippen molar-refractivity contribution >= 4 is 17.0 Å². The summed E-state index contributed by atoms with van der Waals surface area (Å²) in [6, 6.07) is 7.26. The molecule has 0 spiro atoms. The van der Waals surface area contributed by atoms with Crippen LogP contribution in [0.15, 0.2) is 41.5 Å². The summed E-state index contributed by atoms with van der Waals surface area (Å²) in [5, 5.41) is 0. The molecule has 27 heavy (non-hydrogen) atoms. The summed E-state index contributed by atoms with van der Waals surface area (Å²) in [7, 11) is 0. The Balaban J connectivity index is 1.69. The van der Waals surface area contributed by atoms with E-state index in [4.69, 9.17) is 4.98 Å². The van der Waals surface area contributed by atoms with Crippen LogP contribution in [-0.4, -0.2) is 38.4 Å². The molecule has 0 N–H and O–H groups in total. The van der Waals surface area contributed by atoms with Gasteiger partial charge in [0.1, 0.15) is 28.8 Å². The number of rotatable bonds is 5. The third kappa shape index (κ3) is 3.41. The van der Waals surface area contributed by atoms with Gasteiger partial charge in [0.05, 0.1) is 18.7 Å². The number of benzene rings is 1. The summed E-state index contributed by atoms with van der Waals surface area (Å²) in [5.41, 5.74) is 1.87. The Morgan fingerprint density at radius 2 is 2.04 bits per heavy atom. The number of nitrogens with zero attached hydrogens (tertiary/aromatic N) is 5. The zero-order valence-electron chi connectivity index (χ0n) is 15.4. The molecule has 1 aromatic carbocycles. The van der Waals surface area contributed by atoms with Crippen molar-refractivity contribution in [2.45, 2.75) is 26.9 Å². The van der Waals surface area contributed by atoms with Gasteiger partial charge < -0.3 is 9.47 Å². The molecule has 0 radical (unpaired) electrons. The number of imidazole rings is 1. The average Bonchev–Trinajstić information content (AvgIpc) is 3.22. The predicted octanol–water partition coefficient (Wildman–Crippen LogP) is 3.63. The predicted molar refractivity (Wildman–Crippen MR) is 101 cm³/mol. The normalized spacial score (nSPS) is 14.4. The first-order chi connectivity index (χ1) is 13.0. The van der Waals surface area contributed by atoms with E-state index in [1.165, 1.54) is 6.07 Å². The second-order valence-electron chi connectivity index (χ2n) is 7.13. The molecule has 140 valence electrons. The van der Waals surface area contributed by atoms with Crippen molar-refractivity contribution in [2.24, 2.45) is 10.9 Å². The molecule has 1 aliphatic rings. The van der Waals surface area contributed by atoms with Crippen LogP contribution in [0.4, 0.5) is 8.78 Å². The molecule has 0 atom stereocenters. The summed E-state index contributed by atoms with van der Waals surface area (Å²) in [6.45, 7) is 6.74. The first kappa shape index (κ1) is 17.6. The highest BCUT2D eigenvalue weighted by atomic mass is 19.1. The Labute approximate surface area is 156 Å². The Morgan fingerprint density at radius 1 is 1.19 bits per heavy atom. The van der Waals surface area contributed by atoms with Gasteiger partial charge in [-0.2, -0.15) is 0 Å². The molecular weight excluding hydrogens is 348 g/mol. The Bertz CT molecular complexity index is 1010. The number of hydrogen-bond acceptors (Lipinski definition) is 4. The van der Waals surface area contributed by atoms with Crippen molar-refractivity contribution in [1.29, 1.82) is 0 Å². The van der Waals surface area contributed by atoms with Crippen molar-refractivity contribution in [2.75, 3.05) is 13.1 Å². The maximum Gasteiger partial charge on any atom is 0.160 e. The fraction of sp³-hybridized carbons (Fsp3) is 0.350. The Hall–Kier alpha value is -2.83. The number of fused-ring (bicyclic) bond motifs is 1. The first-order valence-electron chi connectivity index (χ1n) is 9.08. The number of halogens is 2. The van der Waals surface area contributed by atoms with Gasteiger partial charge in [0.15, 0.2) is 5.65 Å². The van der Waals surface area contributed by atoms with Crippen LogP contribution in [0.2, 0.25) is 0 Å². The number of amidine groups is 1. The van der Waals surface area contributed by atoms with Crippen LogP contribution in [-0.2, 0) is 13.1 Å². The van der Waals surface area contributed by atoms with Crippen LogP contribution < -0.4 is 0 Å². The minimum Gasteiger partial charge on any atom is -0.347 e. The van der Waals surface area contributed by atoms with Crippen LogP contribution >= 0.6 is 0 Å². The Morgan fingerprint density at radius 3 is 2.85 bits per heavy atom. The van der Waals surface area contributed by atoms with E-state index in [9.17, 15) is 8.78 Å². The van der Waals surface area contributed by atoms with E-state index in [1.54, 1.807) is 6.20 Å². The summed E-state index contributed by atoms with van der Waals surface area (Å²) < 4.78 is 30.0. The minimum atomic E-state index is -0.475. The average molecular weight is 369 g/mol. The summed E-state index contributed by atoms with van der Waals surface area (Å²) in [5.74, 6) is 0.805. The lowest BCUT2D eigenvalue weighted by molar-refractivity contribution is 0.414. The molecule has 0 saturated heterocycles. The van der Waals surface area contributed by atoms with Crippen LogP contribution in [0.1, 0.15) is 25.2 Å². The van der Waals surface area contributed by atoms with E-state index < -0.39 is 11.6 Å². The van der Waals surface area contributed by atoms with Gasteiger partial charge in [0.25, 0.3) is 0 Å². The number of aromatic nitrogens is 3. The van der Waals surface area contributed by atoms with Crippen molar-refractivity contribution in [3.8, 4) is 0 Å². The molecule has 0 aliphatic carbocycles. The topological polar surface area (TPSA) is 46.3 Å². The molecule has 1 aliphatic heterocycles. The van der Waals surface area contributed by atoms with E-state index in [-0.39, 0.29) is 5.56 Å². The van der Waals surface area contributed by atoms with E-state index in [0.29, 0.717) is 31.4 Å². The maximum absolute atomic E-state index is 14.2. The van der Waals surface area contributed by atoms with Crippen LogP contribution in [0.5, 0.6) is 0 Å². The van der Waals surface area contributed by atoms with Crippen LogP contribution in [0, 0.1) is 17.6 Å². The third-order valence-corrected chi connectivity index (χ3v) is 4.56. The fourth-order valence-electron chi connectivity index (χ4n) is 3.41. The summed E-state index contributed by atoms with van der Waals surface area (Å²) >= 11 is 0. The second kappa shape index (κ2) is 7.06. The van der Waals surface area contributed by atoms with Crippen molar-refractivity contribution in [3.63, 3.8) is 0 Å². The molecular formula is C20H21F2N5. The molecule has 4 rings (SSSR count). The summed E-state index contributed by atoms with van der Waals surface area (Å²) in [4.78, 5) is 15.6. The lowest BCUT2D eigenvalue weighted by atomic mass is 10.1. The fourth-order valence-corrected chi connectivity index (χ4v) is 3.41. The Kier molecular flexibility index (Phi) is 4.59. The van der Waals surface area contributed by atoms with Gasteiger partial charge in [-0.1, -0.05) is 13.8 Å². The number of aliphatic imine (C=N–C) groups is 1. The highest BCUT2D eigenvalue weighted by Gasteiger charge is 2.24. The quantitative estimate of drug-likeness (QED) is 0.690. The highest BCUT2D eigenvalue weighted by molar-refractivity contribution is 6.00. The maximum atomic E-state index is 14.2. The largest absolute Gasteiger partial charge is 0.347 e. The molecule has 5 nitrogen and oxygen atoms in total. The number of hydrogen-bond donors (Lipinski definition) is 0. The molecule has 0 amide bonds. The van der Waals surface area contributed by atoms with Crippen molar-refractivity contribution in [1.82, 2.24) is 19.4 Å². The SMILES string of the molecule is CC(C)Cn1c(CN2CCN=C2c2cc(F)ccc2F)nc2cccnc21. The van der Waals surface area contributed by atoms with Crippen molar-refractivity contribution < 1.29 is 8.78 Å². The third-order valence-electron chi connectivity index (χ3n) is 4.56. The van der Waals surface area contributed by atoms with Gasteiger partial charge in [0.2, 0.25) is 0 Å². The molecule has 0 bridgehead atoms. The van der Waals surface area contributed by atoms with E-state index >= 15 is 0 Å². The molecule has 2 aromatic heterocycles. The first-order valence-corrected chi connectivity index (χ1v) is 9.08. The zero-order valence-corrected chi connectivity index (χ0v) is 15.4. The molecule has 0 saturated carbocycles. The van der Waals surface area contributed by atoms with Gasteiger partial charge in [-0.15, -0.1) is 0 Å². The zero-order chi connectivity index (χ0) is 19.0. The molecule has 7 heteroatoms. The van der Waals surface area contributed by atoms with Crippen LogP contribution in [0.25, 0.3) is 11.2 Å². The minimum absolute atomic E-state index is 0.192. The van der Waals surface area contributed by atoms with Gasteiger partial charge in [0, 0.05) is 19.3 Å². The van der Waals surface area contributed by atoms with E-state index in [1.807, 2.05) is 17.0 Å². The van der Waals surface area contributed by atoms with E-state index in [2.05, 4.69) is 28.4 Å². The summed E-state index contributed by atoms with van der Waals surface area (Å²) in [6.07, 6.45) is 1.76. The highest BCUT2D eigenvalue weighted by Crippen LogP contribution is 2.21. The van der Waals surface area contributed by atoms with Crippen molar-refractivity contribution in [3.05, 3.63) is 59.6 Å². The number of pyridine rings is 1. The van der Waals surface area contributed by atoms with Gasteiger partial charge in [-0.3, -0.25) is 4.99 Å². The molecule has 0 unspecified atom stereocenters. The van der Waals surface area contributed by atoms with E-state index in [0.717, 1.165) is 35.7 Å². The van der Waals surface area contributed by atoms with Gasteiger partial charge in [-0.25, -0.2) is 18.7 Å². The molecule has 0 fully saturated rings. The lowest BCUT2D eigenvalue weighted by Crippen LogP contribution is -2.30. The lowest BCUT2D eigenvalue weighted by Gasteiger charge is -2.21. The second-order valence-corrected chi connectivity index (χ2v) is 7.13. The standard InChI is InChI=1S/C20H21F2N5/c1-13(2)11-27-18(25-17-4-3-7-23-20(17)27)12-26-9-8-24-19(26)15-10-14(21)5-6-16(15)22/h3-7,10,13H,8-9,11-12H2,1-2H3. The van der Waals surface area contributed by atoms with Gasteiger partial charge >= 0.3 is 0 Å².